The summed E-state index contributed by atoms with van der Waals surface area (Å²) in [4.78, 5) is 0. The van der Waals surface area contributed by atoms with Gasteiger partial charge in [0.25, 0.3) is 0 Å². The van der Waals surface area contributed by atoms with E-state index in [2.05, 4.69) is 24.3 Å². The fraction of sp³-hybridized carbons (Fsp3) is 0.167. The summed E-state index contributed by atoms with van der Waals surface area (Å²) in [5.74, 6) is -0.374. The van der Waals surface area contributed by atoms with Crippen LogP contribution < -0.4 is 24.8 Å². The second kappa shape index (κ2) is 13.1. The first kappa shape index (κ1) is 27.7. The molecular weight excluding hydrogens is 488 g/mol. The molecule has 0 radical (unpaired) electrons. The molecule has 2 aromatic rings. The fourth-order valence-electron chi connectivity index (χ4n) is 3.04. The second-order valence-corrected chi connectivity index (χ2v) is 6.26. The molecule has 0 saturated heterocycles. The minimum absolute atomic E-state index is 0. The van der Waals surface area contributed by atoms with Gasteiger partial charge in [-0.15, -0.1) is 24.0 Å². The van der Waals surface area contributed by atoms with E-state index in [9.17, 15) is 8.78 Å². The number of allylic oxidation sites excluding steroid dienone is 8. The Kier molecular flexibility index (Phi) is 12.5. The van der Waals surface area contributed by atoms with Crippen molar-refractivity contribution in [2.24, 2.45) is 0 Å². The monoisotopic (exact) mass is 506 g/mol. The van der Waals surface area contributed by atoms with E-state index in [-0.39, 0.29) is 62.7 Å². The van der Waals surface area contributed by atoms with E-state index in [4.69, 9.17) is 0 Å². The largest absolute Gasteiger partial charge is 4.00 e. The molecule has 148 valence electrons. The summed E-state index contributed by atoms with van der Waals surface area (Å²) >= 11 is 0. The van der Waals surface area contributed by atoms with Crippen molar-refractivity contribution >= 4 is 11.1 Å². The molecule has 2 aliphatic carbocycles. The Bertz CT molecular complexity index is 831. The van der Waals surface area contributed by atoms with Crippen molar-refractivity contribution in [1.29, 1.82) is 0 Å². The normalized spacial score (nSPS) is 13.9. The van der Waals surface area contributed by atoms with Crippen molar-refractivity contribution in [2.45, 2.75) is 26.7 Å². The van der Waals surface area contributed by atoms with Gasteiger partial charge in [-0.2, -0.15) is 23.3 Å². The number of rotatable bonds is 2. The molecule has 2 aromatic carbocycles. The maximum atomic E-state index is 12.6. The predicted molar refractivity (Wildman–Crippen MR) is 103 cm³/mol. The van der Waals surface area contributed by atoms with Gasteiger partial charge in [0.15, 0.2) is 0 Å². The topological polar surface area (TPSA) is 0 Å². The Morgan fingerprint density at radius 2 is 0.931 bits per heavy atom. The molecule has 0 saturated carbocycles. The van der Waals surface area contributed by atoms with Crippen LogP contribution in [0.4, 0.5) is 8.78 Å². The van der Waals surface area contributed by atoms with Gasteiger partial charge in [-0.05, 0) is 24.3 Å². The molecule has 2 aliphatic rings. The summed E-state index contributed by atoms with van der Waals surface area (Å²) in [5, 5.41) is 0. The summed E-state index contributed by atoms with van der Waals surface area (Å²) < 4.78 is 25.3. The van der Waals surface area contributed by atoms with Crippen LogP contribution in [-0.2, 0) is 26.2 Å². The first-order valence-electron chi connectivity index (χ1n) is 8.62. The van der Waals surface area contributed by atoms with Crippen molar-refractivity contribution in [1.82, 2.24) is 0 Å². The fourth-order valence-corrected chi connectivity index (χ4v) is 3.04. The average Bonchev–Trinajstić information content (AvgIpc) is 3.25. The van der Waals surface area contributed by atoms with Gasteiger partial charge in [0, 0.05) is 0 Å². The van der Waals surface area contributed by atoms with Crippen LogP contribution in [0.25, 0.3) is 11.1 Å². The zero-order valence-electron chi connectivity index (χ0n) is 16.2. The number of benzene rings is 2. The zero-order valence-corrected chi connectivity index (χ0v) is 20.2. The van der Waals surface area contributed by atoms with Gasteiger partial charge in [-0.25, -0.2) is 19.9 Å². The van der Waals surface area contributed by atoms with Gasteiger partial charge in [-0.1, -0.05) is 38.1 Å². The van der Waals surface area contributed by atoms with E-state index >= 15 is 0 Å². The summed E-state index contributed by atoms with van der Waals surface area (Å²) in [7, 11) is 0. The van der Waals surface area contributed by atoms with Gasteiger partial charge in [0.1, 0.15) is 11.6 Å². The first-order chi connectivity index (χ1) is 12.5. The van der Waals surface area contributed by atoms with E-state index < -0.39 is 0 Å². The van der Waals surface area contributed by atoms with Gasteiger partial charge in [0.2, 0.25) is 0 Å². The van der Waals surface area contributed by atoms with Crippen LogP contribution in [0, 0.1) is 23.8 Å². The number of hydrogen-bond acceptors (Lipinski definition) is 0. The molecule has 0 heterocycles. The zero-order chi connectivity index (χ0) is 18.5. The maximum Gasteiger partial charge on any atom is 4.00 e. The molecule has 0 aliphatic heterocycles. The van der Waals surface area contributed by atoms with Crippen LogP contribution in [0.1, 0.15) is 37.8 Å². The van der Waals surface area contributed by atoms with Crippen LogP contribution in [0.5, 0.6) is 0 Å². The van der Waals surface area contributed by atoms with Crippen molar-refractivity contribution in [2.75, 3.05) is 0 Å². The van der Waals surface area contributed by atoms with Crippen LogP contribution in [0.3, 0.4) is 0 Å². The van der Waals surface area contributed by atoms with Crippen LogP contribution in [0.2, 0.25) is 0 Å². The quantitative estimate of drug-likeness (QED) is 0.525. The smallest absolute Gasteiger partial charge is 1.00 e. The summed E-state index contributed by atoms with van der Waals surface area (Å²) in [6.45, 7) is 4.06. The van der Waals surface area contributed by atoms with Gasteiger partial charge >= 0.3 is 26.2 Å². The Labute approximate surface area is 203 Å². The van der Waals surface area contributed by atoms with Crippen molar-refractivity contribution in [3.8, 4) is 0 Å². The SMILES string of the molecule is CC1=[C-]CC=C1c1ccc(F)cc1.CC1=[C-]CC=C1c1ccc(F)cc1.[Cl-].[Cl-].[Zr+4]. The van der Waals surface area contributed by atoms with Crippen molar-refractivity contribution in [3.05, 3.63) is 107 Å². The minimum Gasteiger partial charge on any atom is -1.00 e. The molecular formula is C24H20Cl2F2Zr. The van der Waals surface area contributed by atoms with Crippen LogP contribution in [-0.4, -0.2) is 0 Å². The van der Waals surface area contributed by atoms with Crippen LogP contribution >= 0.6 is 0 Å². The van der Waals surface area contributed by atoms with Crippen molar-refractivity contribution < 1.29 is 59.8 Å². The van der Waals surface area contributed by atoms with Gasteiger partial charge in [-0.3, -0.25) is 12.2 Å². The maximum absolute atomic E-state index is 12.6. The molecule has 0 nitrogen and oxygen atoms in total. The molecule has 0 fully saturated rings. The standard InChI is InChI=1S/2C12H10F.2ClH.Zr/c2*1-9-3-2-4-12(9)10-5-7-11(13)8-6-10;;;/h2*4-8H,2H2,1H3;2*1H;/q2*-1;;;+4/p-2. The first-order valence-corrected chi connectivity index (χ1v) is 8.62. The molecule has 0 spiro atoms. The van der Waals surface area contributed by atoms with E-state index in [1.54, 1.807) is 24.3 Å². The Hall–Kier alpha value is -1.28. The third-order valence-electron chi connectivity index (χ3n) is 4.47. The minimum atomic E-state index is -0.187. The van der Waals surface area contributed by atoms with E-state index in [0.717, 1.165) is 35.1 Å². The van der Waals surface area contributed by atoms with Gasteiger partial charge in [0.05, 0.1) is 0 Å². The third-order valence-corrected chi connectivity index (χ3v) is 4.47. The Morgan fingerprint density at radius 3 is 1.17 bits per heavy atom. The van der Waals surface area contributed by atoms with E-state index in [1.165, 1.54) is 35.4 Å². The molecule has 5 heteroatoms. The van der Waals surface area contributed by atoms with Crippen LogP contribution in [0.15, 0.2) is 71.8 Å². The molecule has 0 atom stereocenters. The Morgan fingerprint density at radius 1 is 0.621 bits per heavy atom. The van der Waals surface area contributed by atoms with E-state index in [0.29, 0.717) is 0 Å². The molecule has 0 bridgehead atoms. The second-order valence-electron chi connectivity index (χ2n) is 6.26. The predicted octanol–water partition coefficient (Wildman–Crippen LogP) is 0.730. The molecule has 0 N–H and O–H groups in total. The molecule has 29 heavy (non-hydrogen) atoms. The summed E-state index contributed by atoms with van der Waals surface area (Å²) in [6.07, 6.45) is 12.4. The Balaban J connectivity index is 0.000000490. The van der Waals surface area contributed by atoms with Gasteiger partial charge < -0.3 is 24.8 Å². The molecule has 0 aromatic heterocycles. The van der Waals surface area contributed by atoms with E-state index in [1.807, 2.05) is 13.8 Å². The molecule has 4 rings (SSSR count). The summed E-state index contributed by atoms with van der Waals surface area (Å²) in [5.41, 5.74) is 6.83. The number of halogens is 4. The third kappa shape index (κ3) is 7.48. The molecule has 0 unspecified atom stereocenters. The number of hydrogen-bond donors (Lipinski definition) is 0. The van der Waals surface area contributed by atoms with Crippen molar-refractivity contribution in [3.63, 3.8) is 0 Å². The average molecular weight is 509 g/mol. The summed E-state index contributed by atoms with van der Waals surface area (Å²) in [6, 6.07) is 13.2. The molecule has 0 amide bonds.